The third-order valence-electron chi connectivity index (χ3n) is 3.60. The summed E-state index contributed by atoms with van der Waals surface area (Å²) in [4.78, 5) is 13.4. The van der Waals surface area contributed by atoms with Crippen molar-refractivity contribution in [1.29, 1.82) is 0 Å². The minimum absolute atomic E-state index is 0.0847. The summed E-state index contributed by atoms with van der Waals surface area (Å²) in [5, 5.41) is 3.24. The fraction of sp³-hybridized carbons (Fsp3) is 0.588. The number of carbonyl (C=O) groups excluding carboxylic acids is 1. The molecule has 2 atom stereocenters. The van der Waals surface area contributed by atoms with Crippen LogP contribution >= 0.6 is 0 Å². The standard InChI is InChI=1S/C17H25FN2O2/c1-17(2,3)22-16(21)20-10-9-15(14(18)12-20)19-11-13-7-5-4-6-8-13/h4-8,14-15,19H,9-12H2,1-3H3/t14-,15-/m1/s1. The van der Waals surface area contributed by atoms with E-state index in [0.717, 1.165) is 5.56 Å². The van der Waals surface area contributed by atoms with Gasteiger partial charge in [-0.2, -0.15) is 0 Å². The van der Waals surface area contributed by atoms with Gasteiger partial charge in [-0.3, -0.25) is 0 Å². The normalized spacial score (nSPS) is 22.5. The minimum atomic E-state index is -1.08. The maximum absolute atomic E-state index is 14.3. The SMILES string of the molecule is CC(C)(C)OC(=O)N1CC[C@@H](NCc2ccccc2)[C@H](F)C1. The molecule has 1 amide bonds. The molecule has 0 radical (unpaired) electrons. The number of alkyl halides is 1. The second-order valence-electron chi connectivity index (χ2n) is 6.70. The summed E-state index contributed by atoms with van der Waals surface area (Å²) in [6.07, 6.45) is -0.922. The number of hydrogen-bond donors (Lipinski definition) is 1. The van der Waals surface area contributed by atoms with Crippen molar-refractivity contribution in [2.45, 2.75) is 51.6 Å². The molecule has 1 N–H and O–H groups in total. The summed E-state index contributed by atoms with van der Waals surface area (Å²) in [5.74, 6) is 0. The molecule has 1 saturated heterocycles. The molecule has 122 valence electrons. The molecule has 5 heteroatoms. The summed E-state index contributed by atoms with van der Waals surface area (Å²) < 4.78 is 19.6. The lowest BCUT2D eigenvalue weighted by Gasteiger charge is -2.36. The van der Waals surface area contributed by atoms with Crippen LogP contribution in [0.1, 0.15) is 32.8 Å². The third kappa shape index (κ3) is 4.98. The van der Waals surface area contributed by atoms with E-state index < -0.39 is 17.9 Å². The molecule has 0 spiro atoms. The second kappa shape index (κ2) is 7.09. The highest BCUT2D eigenvalue weighted by Crippen LogP contribution is 2.18. The van der Waals surface area contributed by atoms with Gasteiger partial charge in [-0.05, 0) is 32.8 Å². The fourth-order valence-corrected chi connectivity index (χ4v) is 2.47. The first kappa shape index (κ1) is 16.7. The topological polar surface area (TPSA) is 41.6 Å². The lowest BCUT2D eigenvalue weighted by Crippen LogP contribution is -2.53. The number of nitrogens with zero attached hydrogens (tertiary/aromatic N) is 1. The highest BCUT2D eigenvalue weighted by atomic mass is 19.1. The van der Waals surface area contributed by atoms with Crippen LogP contribution in [0.2, 0.25) is 0 Å². The van der Waals surface area contributed by atoms with Gasteiger partial charge in [0.2, 0.25) is 0 Å². The predicted octanol–water partition coefficient (Wildman–Crippen LogP) is 3.12. The summed E-state index contributed by atoms with van der Waals surface area (Å²) in [6, 6.07) is 9.69. The molecule has 1 aliphatic heterocycles. The molecule has 1 heterocycles. The average Bonchev–Trinajstić information content (AvgIpc) is 2.45. The van der Waals surface area contributed by atoms with Gasteiger partial charge in [-0.25, -0.2) is 9.18 Å². The van der Waals surface area contributed by atoms with Crippen molar-refractivity contribution in [3.63, 3.8) is 0 Å². The number of hydrogen-bond acceptors (Lipinski definition) is 3. The van der Waals surface area contributed by atoms with Crippen LogP contribution in [0.15, 0.2) is 30.3 Å². The molecular weight excluding hydrogens is 283 g/mol. The number of likely N-dealkylation sites (tertiary alicyclic amines) is 1. The van der Waals surface area contributed by atoms with Crippen molar-refractivity contribution in [2.24, 2.45) is 0 Å². The van der Waals surface area contributed by atoms with Gasteiger partial charge in [-0.1, -0.05) is 30.3 Å². The van der Waals surface area contributed by atoms with Crippen LogP contribution in [0.4, 0.5) is 9.18 Å². The Morgan fingerprint density at radius 2 is 2.05 bits per heavy atom. The van der Waals surface area contributed by atoms with Crippen LogP contribution < -0.4 is 5.32 Å². The van der Waals surface area contributed by atoms with E-state index in [0.29, 0.717) is 19.5 Å². The summed E-state index contributed by atoms with van der Waals surface area (Å²) >= 11 is 0. The van der Waals surface area contributed by atoms with Gasteiger partial charge in [0, 0.05) is 19.1 Å². The molecule has 0 aromatic heterocycles. The lowest BCUT2D eigenvalue weighted by molar-refractivity contribution is 0.00934. The molecule has 0 saturated carbocycles. The smallest absolute Gasteiger partial charge is 0.410 e. The second-order valence-corrected chi connectivity index (χ2v) is 6.70. The Kier molecular flexibility index (Phi) is 5.40. The number of carbonyl (C=O) groups is 1. The maximum atomic E-state index is 14.3. The largest absolute Gasteiger partial charge is 0.444 e. The van der Waals surface area contributed by atoms with Crippen LogP contribution in [-0.2, 0) is 11.3 Å². The molecule has 0 unspecified atom stereocenters. The molecule has 22 heavy (non-hydrogen) atoms. The van der Waals surface area contributed by atoms with E-state index >= 15 is 0 Å². The summed E-state index contributed by atoms with van der Waals surface area (Å²) in [7, 11) is 0. The summed E-state index contributed by atoms with van der Waals surface area (Å²) in [6.45, 7) is 6.67. The van der Waals surface area contributed by atoms with E-state index in [-0.39, 0.29) is 12.6 Å². The first-order chi connectivity index (χ1) is 10.3. The Morgan fingerprint density at radius 3 is 2.64 bits per heavy atom. The van der Waals surface area contributed by atoms with Crippen molar-refractivity contribution in [1.82, 2.24) is 10.2 Å². The van der Waals surface area contributed by atoms with Gasteiger partial charge >= 0.3 is 6.09 Å². The average molecular weight is 308 g/mol. The number of nitrogens with one attached hydrogen (secondary N) is 1. The zero-order valence-electron chi connectivity index (χ0n) is 13.5. The molecule has 1 fully saturated rings. The van der Waals surface area contributed by atoms with Gasteiger partial charge in [0.25, 0.3) is 0 Å². The zero-order valence-corrected chi connectivity index (χ0v) is 13.5. The molecule has 1 aromatic rings. The van der Waals surface area contributed by atoms with Gasteiger partial charge in [0.05, 0.1) is 6.54 Å². The first-order valence-electron chi connectivity index (χ1n) is 7.74. The van der Waals surface area contributed by atoms with Gasteiger partial charge in [0.15, 0.2) is 0 Å². The number of ether oxygens (including phenoxy) is 1. The maximum Gasteiger partial charge on any atom is 0.410 e. The van der Waals surface area contributed by atoms with Gasteiger partial charge in [0.1, 0.15) is 11.8 Å². The number of amides is 1. The zero-order chi connectivity index (χ0) is 16.2. The monoisotopic (exact) mass is 308 g/mol. The Bertz CT molecular complexity index is 487. The third-order valence-corrected chi connectivity index (χ3v) is 3.60. The lowest BCUT2D eigenvalue weighted by atomic mass is 10.0. The van der Waals surface area contributed by atoms with Crippen LogP contribution in [-0.4, -0.2) is 41.9 Å². The molecule has 1 aliphatic rings. The van der Waals surface area contributed by atoms with Crippen LogP contribution in [0.25, 0.3) is 0 Å². The van der Waals surface area contributed by atoms with E-state index in [1.54, 1.807) is 0 Å². The van der Waals surface area contributed by atoms with Gasteiger partial charge < -0.3 is 15.0 Å². The molecule has 4 nitrogen and oxygen atoms in total. The van der Waals surface area contributed by atoms with Crippen LogP contribution in [0.5, 0.6) is 0 Å². The molecule has 0 bridgehead atoms. The fourth-order valence-electron chi connectivity index (χ4n) is 2.47. The Hall–Kier alpha value is -1.62. The van der Waals surface area contributed by atoms with Crippen molar-refractivity contribution in [3.05, 3.63) is 35.9 Å². The van der Waals surface area contributed by atoms with E-state index in [9.17, 15) is 9.18 Å². The molecule has 2 rings (SSSR count). The van der Waals surface area contributed by atoms with Crippen molar-refractivity contribution < 1.29 is 13.9 Å². The van der Waals surface area contributed by atoms with E-state index in [4.69, 9.17) is 4.74 Å². The molecule has 0 aliphatic carbocycles. The van der Waals surface area contributed by atoms with E-state index in [2.05, 4.69) is 5.32 Å². The first-order valence-corrected chi connectivity index (χ1v) is 7.74. The van der Waals surface area contributed by atoms with E-state index in [1.807, 2.05) is 51.1 Å². The van der Waals surface area contributed by atoms with Gasteiger partial charge in [-0.15, -0.1) is 0 Å². The Labute approximate surface area is 131 Å². The van der Waals surface area contributed by atoms with E-state index in [1.165, 1.54) is 4.90 Å². The van der Waals surface area contributed by atoms with Crippen molar-refractivity contribution in [2.75, 3.05) is 13.1 Å². The predicted molar refractivity (Wildman–Crippen MR) is 84.4 cm³/mol. The minimum Gasteiger partial charge on any atom is -0.444 e. The Balaban J connectivity index is 1.81. The number of halogens is 1. The quantitative estimate of drug-likeness (QED) is 0.933. The summed E-state index contributed by atoms with van der Waals surface area (Å²) in [5.41, 5.74) is 0.579. The Morgan fingerprint density at radius 1 is 1.36 bits per heavy atom. The number of rotatable bonds is 3. The van der Waals surface area contributed by atoms with Crippen LogP contribution in [0.3, 0.4) is 0 Å². The molecular formula is C17H25FN2O2. The van der Waals surface area contributed by atoms with Crippen LogP contribution in [0, 0.1) is 0 Å². The number of benzene rings is 1. The highest BCUT2D eigenvalue weighted by molar-refractivity contribution is 5.68. The molecule has 1 aromatic carbocycles. The van der Waals surface area contributed by atoms with Crippen molar-refractivity contribution >= 4 is 6.09 Å². The highest BCUT2D eigenvalue weighted by Gasteiger charge is 2.33. The number of piperidine rings is 1. The van der Waals surface area contributed by atoms with Crippen molar-refractivity contribution in [3.8, 4) is 0 Å².